The molecule has 1 aromatic heterocycles. The Morgan fingerprint density at radius 2 is 2.13 bits per heavy atom. The molecule has 15 heavy (non-hydrogen) atoms. The van der Waals surface area contributed by atoms with Gasteiger partial charge in [-0.3, -0.25) is 4.79 Å². The van der Waals surface area contributed by atoms with E-state index in [0.29, 0.717) is 17.4 Å². The maximum absolute atomic E-state index is 11.3. The Labute approximate surface area is 90.9 Å². The highest BCUT2D eigenvalue weighted by molar-refractivity contribution is 5.98. The molecule has 1 aromatic rings. The molecule has 0 bridgehead atoms. The van der Waals surface area contributed by atoms with Gasteiger partial charge in [0.2, 0.25) is 0 Å². The third-order valence-electron chi connectivity index (χ3n) is 2.51. The molecule has 0 saturated heterocycles. The molecule has 1 rings (SSSR count). The van der Waals surface area contributed by atoms with Crippen molar-refractivity contribution in [2.24, 2.45) is 0 Å². The number of carbonyl (C=O) groups is 1. The Hall–Kier alpha value is -1.38. The first-order valence-corrected chi connectivity index (χ1v) is 5.41. The summed E-state index contributed by atoms with van der Waals surface area (Å²) in [7, 11) is 0. The number of ketones is 1. The van der Waals surface area contributed by atoms with Crippen molar-refractivity contribution in [1.82, 2.24) is 4.98 Å². The molecule has 0 aromatic carbocycles. The van der Waals surface area contributed by atoms with Gasteiger partial charge in [0, 0.05) is 12.2 Å². The van der Waals surface area contributed by atoms with Crippen molar-refractivity contribution in [3.05, 3.63) is 23.9 Å². The standard InChI is InChI=1S/C12H18N2O/c1-4-10(5-2)14-12-11(9(3)15)7-6-8-13-12/h6-8,10H,4-5H2,1-3H3,(H,13,14). The first kappa shape index (κ1) is 11.7. The monoisotopic (exact) mass is 206 g/mol. The molecule has 1 N–H and O–H groups in total. The van der Waals surface area contributed by atoms with Crippen LogP contribution in [0.15, 0.2) is 18.3 Å². The first-order chi connectivity index (χ1) is 7.19. The molecule has 82 valence electrons. The number of rotatable bonds is 5. The van der Waals surface area contributed by atoms with Gasteiger partial charge in [0.05, 0.1) is 5.56 Å². The maximum Gasteiger partial charge on any atom is 0.163 e. The summed E-state index contributed by atoms with van der Waals surface area (Å²) in [6.45, 7) is 5.81. The van der Waals surface area contributed by atoms with Crippen LogP contribution in [0.5, 0.6) is 0 Å². The predicted molar refractivity (Wildman–Crippen MR) is 62.2 cm³/mol. The van der Waals surface area contributed by atoms with Crippen LogP contribution in [0.25, 0.3) is 0 Å². The van der Waals surface area contributed by atoms with E-state index in [1.165, 1.54) is 0 Å². The van der Waals surface area contributed by atoms with E-state index < -0.39 is 0 Å². The van der Waals surface area contributed by atoms with Crippen LogP contribution in [0.4, 0.5) is 5.82 Å². The number of nitrogens with zero attached hydrogens (tertiary/aromatic N) is 1. The average molecular weight is 206 g/mol. The topological polar surface area (TPSA) is 42.0 Å². The molecule has 0 aliphatic rings. The fraction of sp³-hybridized carbons (Fsp3) is 0.500. The number of anilines is 1. The van der Waals surface area contributed by atoms with Crippen LogP contribution in [0.1, 0.15) is 44.0 Å². The fourth-order valence-electron chi connectivity index (χ4n) is 1.49. The van der Waals surface area contributed by atoms with Crippen molar-refractivity contribution >= 4 is 11.6 Å². The highest BCUT2D eigenvalue weighted by Crippen LogP contribution is 2.15. The normalized spacial score (nSPS) is 10.4. The van der Waals surface area contributed by atoms with Crippen molar-refractivity contribution in [1.29, 1.82) is 0 Å². The number of aromatic nitrogens is 1. The molecule has 0 saturated carbocycles. The van der Waals surface area contributed by atoms with Crippen molar-refractivity contribution in [2.75, 3.05) is 5.32 Å². The molecule has 1 heterocycles. The summed E-state index contributed by atoms with van der Waals surface area (Å²) in [5, 5.41) is 3.30. The van der Waals surface area contributed by atoms with E-state index in [4.69, 9.17) is 0 Å². The maximum atomic E-state index is 11.3. The van der Waals surface area contributed by atoms with Gasteiger partial charge < -0.3 is 5.32 Å². The van der Waals surface area contributed by atoms with Gasteiger partial charge >= 0.3 is 0 Å². The Kier molecular flexibility index (Phi) is 4.28. The van der Waals surface area contributed by atoms with Crippen LogP contribution in [0.2, 0.25) is 0 Å². The summed E-state index contributed by atoms with van der Waals surface area (Å²) in [5.74, 6) is 0.759. The van der Waals surface area contributed by atoms with Gasteiger partial charge in [0.15, 0.2) is 5.78 Å². The third kappa shape index (κ3) is 3.05. The Morgan fingerprint density at radius 1 is 1.47 bits per heavy atom. The number of Topliss-reactive ketones (excluding diaryl/α,β-unsaturated/α-hetero) is 1. The number of nitrogens with one attached hydrogen (secondary N) is 1. The fourth-order valence-corrected chi connectivity index (χ4v) is 1.49. The van der Waals surface area contributed by atoms with Gasteiger partial charge in [-0.15, -0.1) is 0 Å². The van der Waals surface area contributed by atoms with Gasteiger partial charge in [-0.25, -0.2) is 4.98 Å². The summed E-state index contributed by atoms with van der Waals surface area (Å²) in [6, 6.07) is 3.98. The van der Waals surface area contributed by atoms with Crippen LogP contribution in [-0.2, 0) is 0 Å². The third-order valence-corrected chi connectivity index (χ3v) is 2.51. The van der Waals surface area contributed by atoms with E-state index in [1.807, 2.05) is 0 Å². The molecular formula is C12H18N2O. The summed E-state index contributed by atoms with van der Waals surface area (Å²) in [4.78, 5) is 15.5. The highest BCUT2D eigenvalue weighted by atomic mass is 16.1. The molecule has 0 radical (unpaired) electrons. The van der Waals surface area contributed by atoms with Crippen molar-refractivity contribution in [2.45, 2.75) is 39.7 Å². The van der Waals surface area contributed by atoms with Crippen LogP contribution in [-0.4, -0.2) is 16.8 Å². The lowest BCUT2D eigenvalue weighted by Crippen LogP contribution is -2.19. The lowest BCUT2D eigenvalue weighted by molar-refractivity contribution is 0.101. The van der Waals surface area contributed by atoms with E-state index in [-0.39, 0.29) is 5.78 Å². The van der Waals surface area contributed by atoms with E-state index in [1.54, 1.807) is 25.3 Å². The van der Waals surface area contributed by atoms with Crippen LogP contribution in [0.3, 0.4) is 0 Å². The van der Waals surface area contributed by atoms with Crippen molar-refractivity contribution < 1.29 is 4.79 Å². The largest absolute Gasteiger partial charge is 0.367 e. The number of hydrogen-bond donors (Lipinski definition) is 1. The SMILES string of the molecule is CCC(CC)Nc1ncccc1C(C)=O. The Balaban J connectivity index is 2.88. The second kappa shape index (κ2) is 5.49. The average Bonchev–Trinajstić information content (AvgIpc) is 2.26. The van der Waals surface area contributed by atoms with Crippen LogP contribution >= 0.6 is 0 Å². The van der Waals surface area contributed by atoms with Gasteiger partial charge in [0.1, 0.15) is 5.82 Å². The summed E-state index contributed by atoms with van der Waals surface area (Å²) < 4.78 is 0. The smallest absolute Gasteiger partial charge is 0.163 e. The highest BCUT2D eigenvalue weighted by Gasteiger charge is 2.10. The van der Waals surface area contributed by atoms with E-state index in [0.717, 1.165) is 12.8 Å². The number of hydrogen-bond acceptors (Lipinski definition) is 3. The minimum atomic E-state index is 0.0524. The minimum absolute atomic E-state index is 0.0524. The van der Waals surface area contributed by atoms with Crippen molar-refractivity contribution in [3.63, 3.8) is 0 Å². The van der Waals surface area contributed by atoms with E-state index in [9.17, 15) is 4.79 Å². The van der Waals surface area contributed by atoms with Crippen molar-refractivity contribution in [3.8, 4) is 0 Å². The van der Waals surface area contributed by atoms with Gasteiger partial charge in [-0.1, -0.05) is 13.8 Å². The molecule has 0 aliphatic heterocycles. The van der Waals surface area contributed by atoms with Crippen LogP contribution < -0.4 is 5.32 Å². The lowest BCUT2D eigenvalue weighted by Gasteiger charge is -2.16. The zero-order valence-corrected chi connectivity index (χ0v) is 9.58. The molecule has 3 heteroatoms. The van der Waals surface area contributed by atoms with E-state index in [2.05, 4.69) is 24.1 Å². The number of carbonyl (C=O) groups excluding carboxylic acids is 1. The molecular weight excluding hydrogens is 188 g/mol. The lowest BCUT2D eigenvalue weighted by atomic mass is 10.1. The second-order valence-electron chi connectivity index (χ2n) is 3.61. The Morgan fingerprint density at radius 3 is 2.67 bits per heavy atom. The number of pyridine rings is 1. The van der Waals surface area contributed by atoms with Gasteiger partial charge in [-0.05, 0) is 31.9 Å². The Bertz CT molecular complexity index is 332. The quantitative estimate of drug-likeness (QED) is 0.753. The molecule has 0 amide bonds. The molecule has 0 unspecified atom stereocenters. The molecule has 0 fully saturated rings. The summed E-state index contributed by atoms with van der Waals surface area (Å²) in [6.07, 6.45) is 3.77. The van der Waals surface area contributed by atoms with Crippen LogP contribution in [0, 0.1) is 0 Å². The molecule has 3 nitrogen and oxygen atoms in total. The molecule has 0 aliphatic carbocycles. The zero-order valence-electron chi connectivity index (χ0n) is 9.58. The second-order valence-corrected chi connectivity index (χ2v) is 3.61. The van der Waals surface area contributed by atoms with E-state index >= 15 is 0 Å². The summed E-state index contributed by atoms with van der Waals surface area (Å²) >= 11 is 0. The van der Waals surface area contributed by atoms with Gasteiger partial charge in [0.25, 0.3) is 0 Å². The minimum Gasteiger partial charge on any atom is -0.367 e. The van der Waals surface area contributed by atoms with Gasteiger partial charge in [-0.2, -0.15) is 0 Å². The zero-order chi connectivity index (χ0) is 11.3. The molecule has 0 atom stereocenters. The molecule has 0 spiro atoms. The predicted octanol–water partition coefficient (Wildman–Crippen LogP) is 2.88. The summed E-state index contributed by atoms with van der Waals surface area (Å²) in [5.41, 5.74) is 0.671. The first-order valence-electron chi connectivity index (χ1n) is 5.41.